The maximum Gasteiger partial charge on any atom is 0.355 e. The van der Waals surface area contributed by atoms with Crippen LogP contribution in [0.3, 0.4) is 0 Å². The molecule has 1 fully saturated rings. The molecule has 1 aromatic heterocycles. The fourth-order valence-corrected chi connectivity index (χ4v) is 2.87. The van der Waals surface area contributed by atoms with Crippen LogP contribution in [0.1, 0.15) is 42.6 Å². The van der Waals surface area contributed by atoms with E-state index in [0.29, 0.717) is 18.5 Å². The zero-order valence-electron chi connectivity index (χ0n) is 13.0. The highest BCUT2D eigenvalue weighted by Gasteiger charge is 2.39. The van der Waals surface area contributed by atoms with Gasteiger partial charge in [-0.25, -0.2) is 4.79 Å². The standard InChI is InChI=1S/C16H21N3O3/c1-18-10-6-7-13(18)15(21)22-11-14(20)19(2)16(12-17)8-4-3-5-9-16/h6-7,10H,3-5,8-9,11H2,1-2H3. The normalized spacial score (nSPS) is 16.6. The monoisotopic (exact) mass is 303 g/mol. The molecule has 0 saturated heterocycles. The molecule has 1 aliphatic carbocycles. The first-order valence-corrected chi connectivity index (χ1v) is 7.46. The first kappa shape index (κ1) is 16.1. The summed E-state index contributed by atoms with van der Waals surface area (Å²) in [5.74, 6) is -0.880. The lowest BCUT2D eigenvalue weighted by Crippen LogP contribution is -2.51. The van der Waals surface area contributed by atoms with Gasteiger partial charge < -0.3 is 14.2 Å². The summed E-state index contributed by atoms with van der Waals surface area (Å²) in [4.78, 5) is 25.6. The number of esters is 1. The Kier molecular flexibility index (Phi) is 4.86. The molecule has 0 N–H and O–H groups in total. The van der Waals surface area contributed by atoms with Crippen LogP contribution < -0.4 is 0 Å². The summed E-state index contributed by atoms with van der Waals surface area (Å²) in [5.41, 5.74) is -0.365. The van der Waals surface area contributed by atoms with Gasteiger partial charge in [-0.05, 0) is 25.0 Å². The average molecular weight is 303 g/mol. The lowest BCUT2D eigenvalue weighted by Gasteiger charge is -2.38. The van der Waals surface area contributed by atoms with Crippen molar-refractivity contribution in [2.75, 3.05) is 13.7 Å². The van der Waals surface area contributed by atoms with E-state index < -0.39 is 11.5 Å². The highest BCUT2D eigenvalue weighted by molar-refractivity contribution is 5.90. The van der Waals surface area contributed by atoms with Crippen molar-refractivity contribution in [3.8, 4) is 6.07 Å². The van der Waals surface area contributed by atoms with Crippen molar-refractivity contribution < 1.29 is 14.3 Å². The number of aromatic nitrogens is 1. The highest BCUT2D eigenvalue weighted by atomic mass is 16.5. The molecule has 0 radical (unpaired) electrons. The second-order valence-corrected chi connectivity index (χ2v) is 5.74. The fourth-order valence-electron chi connectivity index (χ4n) is 2.87. The van der Waals surface area contributed by atoms with Gasteiger partial charge in [0.15, 0.2) is 6.61 Å². The first-order valence-electron chi connectivity index (χ1n) is 7.46. The topological polar surface area (TPSA) is 75.3 Å². The van der Waals surface area contributed by atoms with E-state index in [-0.39, 0.29) is 12.5 Å². The first-order chi connectivity index (χ1) is 10.5. The highest BCUT2D eigenvalue weighted by Crippen LogP contribution is 2.32. The number of hydrogen-bond acceptors (Lipinski definition) is 4. The summed E-state index contributed by atoms with van der Waals surface area (Å²) in [6.45, 7) is -0.343. The molecule has 0 atom stereocenters. The minimum atomic E-state index is -0.757. The fraction of sp³-hybridized carbons (Fsp3) is 0.562. The number of ether oxygens (including phenoxy) is 1. The Hall–Kier alpha value is -2.29. The zero-order valence-corrected chi connectivity index (χ0v) is 13.0. The number of hydrogen-bond donors (Lipinski definition) is 0. The number of rotatable bonds is 4. The number of carbonyl (C=O) groups is 2. The van der Waals surface area contributed by atoms with Crippen molar-refractivity contribution in [2.24, 2.45) is 7.05 Å². The van der Waals surface area contributed by atoms with Crippen molar-refractivity contribution in [3.63, 3.8) is 0 Å². The summed E-state index contributed by atoms with van der Waals surface area (Å²) in [5, 5.41) is 9.47. The minimum absolute atomic E-state index is 0.342. The third kappa shape index (κ3) is 3.14. The van der Waals surface area contributed by atoms with Crippen LogP contribution in [0, 0.1) is 11.3 Å². The van der Waals surface area contributed by atoms with E-state index in [4.69, 9.17) is 4.74 Å². The summed E-state index contributed by atoms with van der Waals surface area (Å²) < 4.78 is 6.70. The predicted molar refractivity (Wildman–Crippen MR) is 79.9 cm³/mol. The number of aryl methyl sites for hydroxylation is 1. The third-order valence-corrected chi connectivity index (χ3v) is 4.38. The second-order valence-electron chi connectivity index (χ2n) is 5.74. The zero-order chi connectivity index (χ0) is 16.2. The van der Waals surface area contributed by atoms with Gasteiger partial charge >= 0.3 is 5.97 Å². The summed E-state index contributed by atoms with van der Waals surface area (Å²) in [6, 6.07) is 5.65. The molecule has 6 nitrogen and oxygen atoms in total. The molecule has 0 spiro atoms. The lowest BCUT2D eigenvalue weighted by atomic mass is 9.81. The predicted octanol–water partition coefficient (Wildman–Crippen LogP) is 1.87. The van der Waals surface area contributed by atoms with Crippen LogP contribution in [0.15, 0.2) is 18.3 Å². The molecule has 1 saturated carbocycles. The maximum absolute atomic E-state index is 12.3. The van der Waals surface area contributed by atoms with Crippen LogP contribution in [0.25, 0.3) is 0 Å². The van der Waals surface area contributed by atoms with Crippen molar-refractivity contribution in [2.45, 2.75) is 37.6 Å². The maximum atomic E-state index is 12.3. The molecule has 1 aromatic rings. The molecule has 0 bridgehead atoms. The van der Waals surface area contributed by atoms with E-state index in [9.17, 15) is 14.9 Å². The number of likely N-dealkylation sites (N-methyl/N-ethyl adjacent to an activating group) is 1. The van der Waals surface area contributed by atoms with E-state index in [1.165, 1.54) is 4.90 Å². The van der Waals surface area contributed by atoms with Gasteiger partial charge in [-0.2, -0.15) is 5.26 Å². The molecule has 1 aliphatic rings. The molecule has 6 heteroatoms. The smallest absolute Gasteiger partial charge is 0.355 e. The molecule has 1 amide bonds. The van der Waals surface area contributed by atoms with Crippen LogP contribution in [0.4, 0.5) is 0 Å². The van der Waals surface area contributed by atoms with Gasteiger partial charge in [-0.1, -0.05) is 19.3 Å². The lowest BCUT2D eigenvalue weighted by molar-refractivity contribution is -0.138. The average Bonchev–Trinajstić information content (AvgIpc) is 2.98. The van der Waals surface area contributed by atoms with Gasteiger partial charge in [-0.15, -0.1) is 0 Å². The molecule has 0 aromatic carbocycles. The van der Waals surface area contributed by atoms with Crippen LogP contribution in [0.5, 0.6) is 0 Å². The summed E-state index contributed by atoms with van der Waals surface area (Å²) >= 11 is 0. The van der Waals surface area contributed by atoms with E-state index in [0.717, 1.165) is 19.3 Å². The molecular weight excluding hydrogens is 282 g/mol. The molecule has 1 heterocycles. The van der Waals surface area contributed by atoms with Crippen molar-refractivity contribution in [3.05, 3.63) is 24.0 Å². The van der Waals surface area contributed by atoms with Crippen molar-refractivity contribution in [1.82, 2.24) is 9.47 Å². The molecule has 0 unspecified atom stereocenters. The van der Waals surface area contributed by atoms with E-state index >= 15 is 0 Å². The number of nitriles is 1. The second kappa shape index (κ2) is 6.65. The van der Waals surface area contributed by atoms with E-state index in [2.05, 4.69) is 6.07 Å². The number of nitrogens with zero attached hydrogens (tertiary/aromatic N) is 3. The summed E-state index contributed by atoms with van der Waals surface area (Å²) in [7, 11) is 3.35. The quantitative estimate of drug-likeness (QED) is 0.796. The molecular formula is C16H21N3O3. The molecule has 118 valence electrons. The largest absolute Gasteiger partial charge is 0.451 e. The van der Waals surface area contributed by atoms with E-state index in [1.807, 2.05) is 0 Å². The molecule has 22 heavy (non-hydrogen) atoms. The molecule has 0 aliphatic heterocycles. The van der Waals surface area contributed by atoms with Gasteiger partial charge in [0, 0.05) is 20.3 Å². The Morgan fingerprint density at radius 1 is 1.41 bits per heavy atom. The van der Waals surface area contributed by atoms with Crippen LogP contribution in [0.2, 0.25) is 0 Å². The van der Waals surface area contributed by atoms with Crippen molar-refractivity contribution >= 4 is 11.9 Å². The van der Waals surface area contributed by atoms with Gasteiger partial charge in [0.1, 0.15) is 11.2 Å². The van der Waals surface area contributed by atoms with Crippen LogP contribution >= 0.6 is 0 Å². The molecule has 2 rings (SSSR count). The van der Waals surface area contributed by atoms with Gasteiger partial charge in [0.05, 0.1) is 6.07 Å². The minimum Gasteiger partial charge on any atom is -0.451 e. The Balaban J connectivity index is 1.95. The number of carbonyl (C=O) groups excluding carboxylic acids is 2. The Bertz CT molecular complexity index is 594. The summed E-state index contributed by atoms with van der Waals surface area (Å²) in [6.07, 6.45) is 6.06. The van der Waals surface area contributed by atoms with Crippen LogP contribution in [-0.4, -0.2) is 40.5 Å². The van der Waals surface area contributed by atoms with Gasteiger partial charge in [0.2, 0.25) is 0 Å². The Morgan fingerprint density at radius 2 is 2.09 bits per heavy atom. The van der Waals surface area contributed by atoms with Crippen LogP contribution in [-0.2, 0) is 16.6 Å². The Labute approximate surface area is 130 Å². The third-order valence-electron chi connectivity index (χ3n) is 4.38. The van der Waals surface area contributed by atoms with E-state index in [1.54, 1.807) is 37.0 Å². The van der Waals surface area contributed by atoms with Gasteiger partial charge in [0.25, 0.3) is 5.91 Å². The SMILES string of the molecule is CN(C(=O)COC(=O)c1cccn1C)C1(C#N)CCCCC1. The number of amides is 1. The Morgan fingerprint density at radius 3 is 2.64 bits per heavy atom. The van der Waals surface area contributed by atoms with Gasteiger partial charge in [-0.3, -0.25) is 4.79 Å². The van der Waals surface area contributed by atoms with Crippen molar-refractivity contribution in [1.29, 1.82) is 5.26 Å².